The van der Waals surface area contributed by atoms with Gasteiger partial charge < -0.3 is 10.1 Å². The number of carbonyl (C=O) groups excluding carboxylic acids is 1. The molecule has 30 heavy (non-hydrogen) atoms. The van der Waals surface area contributed by atoms with Gasteiger partial charge in [-0.25, -0.2) is 8.42 Å². The van der Waals surface area contributed by atoms with Gasteiger partial charge in [-0.2, -0.15) is 0 Å². The molecule has 6 nitrogen and oxygen atoms in total. The lowest BCUT2D eigenvalue weighted by atomic mass is 9.98. The Morgan fingerprint density at radius 2 is 1.83 bits per heavy atom. The summed E-state index contributed by atoms with van der Waals surface area (Å²) in [6, 6.07) is 13.0. The van der Waals surface area contributed by atoms with Crippen LogP contribution in [0, 0.1) is 6.92 Å². The van der Waals surface area contributed by atoms with E-state index in [1.807, 2.05) is 32.0 Å². The van der Waals surface area contributed by atoms with Gasteiger partial charge in [-0.15, -0.1) is 0 Å². The average molecular weight is 433 g/mol. The van der Waals surface area contributed by atoms with E-state index in [2.05, 4.69) is 19.2 Å². The standard InChI is InChI=1S/C23H32N2O4S/c1-6-29-21-14-8-7-13-20(21)25(30(5,27)28)16-10-15-22(26)24-23-18(4)11-9-12-19(23)17(2)3/h7-9,11-14,17H,6,10,15-16H2,1-5H3,(H,24,26). The molecule has 0 atom stereocenters. The van der Waals surface area contributed by atoms with E-state index in [-0.39, 0.29) is 24.8 Å². The lowest BCUT2D eigenvalue weighted by Gasteiger charge is -2.24. The molecule has 0 aliphatic rings. The van der Waals surface area contributed by atoms with Crippen molar-refractivity contribution < 1.29 is 17.9 Å². The second-order valence-corrected chi connectivity index (χ2v) is 9.49. The third-order valence-electron chi connectivity index (χ3n) is 4.79. The molecule has 0 spiro atoms. The third kappa shape index (κ3) is 6.23. The fraction of sp³-hybridized carbons (Fsp3) is 0.435. The lowest BCUT2D eigenvalue weighted by Crippen LogP contribution is -2.32. The first-order valence-corrected chi connectivity index (χ1v) is 12.1. The normalized spacial score (nSPS) is 11.4. The summed E-state index contributed by atoms with van der Waals surface area (Å²) in [6.45, 7) is 8.63. The largest absolute Gasteiger partial charge is 0.492 e. The highest BCUT2D eigenvalue weighted by Gasteiger charge is 2.21. The zero-order valence-corrected chi connectivity index (χ0v) is 19.3. The number of amides is 1. The maximum atomic E-state index is 12.6. The molecule has 0 bridgehead atoms. The molecular formula is C23H32N2O4S. The molecule has 0 aliphatic carbocycles. The van der Waals surface area contributed by atoms with Crippen LogP contribution in [0.1, 0.15) is 50.7 Å². The van der Waals surface area contributed by atoms with E-state index < -0.39 is 10.0 Å². The van der Waals surface area contributed by atoms with Gasteiger partial charge in [0.15, 0.2) is 0 Å². The van der Waals surface area contributed by atoms with Crippen LogP contribution in [0.4, 0.5) is 11.4 Å². The quantitative estimate of drug-likeness (QED) is 0.590. The predicted molar refractivity (Wildman–Crippen MR) is 123 cm³/mol. The minimum atomic E-state index is -3.52. The van der Waals surface area contributed by atoms with Crippen molar-refractivity contribution in [3.8, 4) is 5.75 Å². The zero-order chi connectivity index (χ0) is 22.3. The molecule has 0 heterocycles. The smallest absolute Gasteiger partial charge is 0.232 e. The van der Waals surface area contributed by atoms with Crippen molar-refractivity contribution in [3.63, 3.8) is 0 Å². The summed E-state index contributed by atoms with van der Waals surface area (Å²) in [5.41, 5.74) is 3.44. The molecule has 0 radical (unpaired) electrons. The molecule has 0 saturated heterocycles. The first kappa shape index (κ1) is 23.7. The van der Waals surface area contributed by atoms with E-state index >= 15 is 0 Å². The van der Waals surface area contributed by atoms with E-state index in [4.69, 9.17) is 4.74 Å². The molecular weight excluding hydrogens is 400 g/mol. The zero-order valence-electron chi connectivity index (χ0n) is 18.4. The highest BCUT2D eigenvalue weighted by atomic mass is 32.2. The van der Waals surface area contributed by atoms with Crippen molar-refractivity contribution in [2.24, 2.45) is 0 Å². The molecule has 2 rings (SSSR count). The van der Waals surface area contributed by atoms with E-state index in [1.165, 1.54) is 4.31 Å². The fourth-order valence-electron chi connectivity index (χ4n) is 3.33. The minimum Gasteiger partial charge on any atom is -0.492 e. The van der Waals surface area contributed by atoms with Crippen molar-refractivity contribution in [1.82, 2.24) is 0 Å². The van der Waals surface area contributed by atoms with Crippen molar-refractivity contribution >= 4 is 27.3 Å². The summed E-state index contributed by atoms with van der Waals surface area (Å²) in [5.74, 6) is 0.671. The molecule has 0 aliphatic heterocycles. The topological polar surface area (TPSA) is 75.7 Å². The number of ether oxygens (including phenoxy) is 1. The van der Waals surface area contributed by atoms with Crippen molar-refractivity contribution in [3.05, 3.63) is 53.6 Å². The van der Waals surface area contributed by atoms with Gasteiger partial charge in [0.2, 0.25) is 15.9 Å². The Morgan fingerprint density at radius 3 is 2.47 bits per heavy atom. The van der Waals surface area contributed by atoms with Crippen LogP contribution in [-0.2, 0) is 14.8 Å². The number of anilines is 2. The summed E-state index contributed by atoms with van der Waals surface area (Å²) in [7, 11) is -3.52. The fourth-order valence-corrected chi connectivity index (χ4v) is 4.30. The molecule has 7 heteroatoms. The number of benzene rings is 2. The Labute approximate surface area is 180 Å². The lowest BCUT2D eigenvalue weighted by molar-refractivity contribution is -0.116. The SMILES string of the molecule is CCOc1ccccc1N(CCCC(=O)Nc1c(C)cccc1C(C)C)S(C)(=O)=O. The number of carbonyl (C=O) groups is 1. The van der Waals surface area contributed by atoms with Crippen LogP contribution in [0.5, 0.6) is 5.75 Å². The van der Waals surface area contributed by atoms with E-state index in [1.54, 1.807) is 24.3 Å². The summed E-state index contributed by atoms with van der Waals surface area (Å²) < 4.78 is 31.7. The number of para-hydroxylation sites is 3. The second-order valence-electron chi connectivity index (χ2n) is 7.58. The van der Waals surface area contributed by atoms with Crippen LogP contribution in [0.3, 0.4) is 0 Å². The van der Waals surface area contributed by atoms with Crippen LogP contribution in [0.25, 0.3) is 0 Å². The molecule has 164 valence electrons. The number of hydrogen-bond donors (Lipinski definition) is 1. The number of hydrogen-bond acceptors (Lipinski definition) is 4. The van der Waals surface area contributed by atoms with Crippen molar-refractivity contribution in [2.75, 3.05) is 29.0 Å². The summed E-state index contributed by atoms with van der Waals surface area (Å²) in [4.78, 5) is 12.6. The van der Waals surface area contributed by atoms with Gasteiger partial charge in [0.1, 0.15) is 5.75 Å². The highest BCUT2D eigenvalue weighted by molar-refractivity contribution is 7.92. The molecule has 0 fully saturated rings. The van der Waals surface area contributed by atoms with E-state index in [0.29, 0.717) is 24.5 Å². The number of sulfonamides is 1. The average Bonchev–Trinajstić information content (AvgIpc) is 2.66. The molecule has 1 N–H and O–H groups in total. The van der Waals surface area contributed by atoms with Crippen LogP contribution in [-0.4, -0.2) is 33.7 Å². The Kier molecular flexibility index (Phi) is 8.29. The molecule has 0 unspecified atom stereocenters. The van der Waals surface area contributed by atoms with Crippen LogP contribution in [0.2, 0.25) is 0 Å². The molecule has 0 saturated carbocycles. The number of nitrogens with one attached hydrogen (secondary N) is 1. The Hall–Kier alpha value is -2.54. The summed E-state index contributed by atoms with van der Waals surface area (Å²) >= 11 is 0. The first-order valence-electron chi connectivity index (χ1n) is 10.2. The van der Waals surface area contributed by atoms with E-state index in [0.717, 1.165) is 23.1 Å². The van der Waals surface area contributed by atoms with Crippen molar-refractivity contribution in [1.29, 1.82) is 0 Å². The van der Waals surface area contributed by atoms with E-state index in [9.17, 15) is 13.2 Å². The number of rotatable bonds is 10. The van der Waals surface area contributed by atoms with Crippen LogP contribution < -0.4 is 14.4 Å². The summed E-state index contributed by atoms with van der Waals surface area (Å²) in [6.07, 6.45) is 1.77. The van der Waals surface area contributed by atoms with Gasteiger partial charge in [-0.1, -0.05) is 44.2 Å². The van der Waals surface area contributed by atoms with Gasteiger partial charge in [0, 0.05) is 18.7 Å². The van der Waals surface area contributed by atoms with Crippen molar-refractivity contribution in [2.45, 2.75) is 46.5 Å². The maximum absolute atomic E-state index is 12.6. The third-order valence-corrected chi connectivity index (χ3v) is 5.97. The van der Waals surface area contributed by atoms with Crippen LogP contribution >= 0.6 is 0 Å². The minimum absolute atomic E-state index is 0.127. The van der Waals surface area contributed by atoms with Gasteiger partial charge in [0.05, 0.1) is 18.6 Å². The highest BCUT2D eigenvalue weighted by Crippen LogP contribution is 2.30. The van der Waals surface area contributed by atoms with Crippen LogP contribution in [0.15, 0.2) is 42.5 Å². The van der Waals surface area contributed by atoms with Gasteiger partial charge in [0.25, 0.3) is 0 Å². The first-order chi connectivity index (χ1) is 14.1. The monoisotopic (exact) mass is 432 g/mol. The molecule has 1 amide bonds. The second kappa shape index (κ2) is 10.5. The number of nitrogens with zero attached hydrogens (tertiary/aromatic N) is 1. The number of aryl methyl sites for hydroxylation is 1. The molecule has 0 aromatic heterocycles. The Balaban J connectivity index is 2.09. The molecule has 2 aromatic carbocycles. The van der Waals surface area contributed by atoms with Gasteiger partial charge in [-0.3, -0.25) is 9.10 Å². The summed E-state index contributed by atoms with van der Waals surface area (Å²) in [5, 5.41) is 3.01. The van der Waals surface area contributed by atoms with Gasteiger partial charge in [-0.05, 0) is 49.4 Å². The maximum Gasteiger partial charge on any atom is 0.232 e. The Morgan fingerprint density at radius 1 is 1.13 bits per heavy atom. The predicted octanol–water partition coefficient (Wildman–Crippen LogP) is 4.70. The molecule has 2 aromatic rings. The Bertz CT molecular complexity index is 971. The van der Waals surface area contributed by atoms with Gasteiger partial charge >= 0.3 is 0 Å².